The summed E-state index contributed by atoms with van der Waals surface area (Å²) in [5.74, 6) is -0.149. The van der Waals surface area contributed by atoms with Gasteiger partial charge in [-0.1, -0.05) is 12.1 Å². The highest BCUT2D eigenvalue weighted by Crippen LogP contribution is 2.27. The lowest BCUT2D eigenvalue weighted by molar-refractivity contribution is 0.0916. The van der Waals surface area contributed by atoms with E-state index in [0.717, 1.165) is 19.5 Å². The number of pyridine rings is 1. The molecule has 0 aliphatic carbocycles. The van der Waals surface area contributed by atoms with Crippen LogP contribution in [0.25, 0.3) is 22.4 Å². The molecule has 1 saturated heterocycles. The Balaban J connectivity index is 0.00000225. The van der Waals surface area contributed by atoms with Crippen LogP contribution in [0.1, 0.15) is 29.4 Å². The van der Waals surface area contributed by atoms with E-state index in [1.807, 2.05) is 0 Å². The third kappa shape index (κ3) is 3.86. The fraction of sp³-hybridized carbons (Fsp3) is 0.350. The molecule has 0 bridgehead atoms. The van der Waals surface area contributed by atoms with Gasteiger partial charge in [0.25, 0.3) is 11.6 Å². The minimum absolute atomic E-state index is 0. The monoisotopic (exact) mass is 404 g/mol. The highest BCUT2D eigenvalue weighted by atomic mass is 35.5. The summed E-state index contributed by atoms with van der Waals surface area (Å²) in [6.45, 7) is 5.67. The van der Waals surface area contributed by atoms with E-state index < -0.39 is 0 Å². The zero-order valence-corrected chi connectivity index (χ0v) is 16.5. The molecular formula is C20H22ClFN4O2. The number of amides is 1. The Morgan fingerprint density at radius 1 is 1.32 bits per heavy atom. The zero-order chi connectivity index (χ0) is 19.0. The molecule has 1 amide bonds. The van der Waals surface area contributed by atoms with Crippen LogP contribution in [0, 0.1) is 18.7 Å². The standard InChI is InChI=1S/C20H21FN4O2.ClH/c1-11-10-22-8-7-16(11)23-19(26)15-9-17(13-3-5-14(21)6-4-13)24-20-18(15)12(2)25-27-20;/h3-6,9,11,16,22H,7-8,10H2,1-2H3,(H,23,26);1H. The predicted octanol–water partition coefficient (Wildman–Crippen LogP) is 3.49. The summed E-state index contributed by atoms with van der Waals surface area (Å²) in [5.41, 5.74) is 2.65. The average molecular weight is 405 g/mol. The molecule has 2 N–H and O–H groups in total. The van der Waals surface area contributed by atoms with Crippen LogP contribution < -0.4 is 10.6 Å². The van der Waals surface area contributed by atoms with Crippen molar-refractivity contribution in [1.29, 1.82) is 0 Å². The van der Waals surface area contributed by atoms with Gasteiger partial charge in [-0.15, -0.1) is 12.4 Å². The van der Waals surface area contributed by atoms with Gasteiger partial charge in [0.2, 0.25) is 0 Å². The predicted molar refractivity (Wildman–Crippen MR) is 107 cm³/mol. The molecule has 2 aromatic heterocycles. The van der Waals surface area contributed by atoms with Gasteiger partial charge >= 0.3 is 0 Å². The fourth-order valence-corrected chi connectivity index (χ4v) is 3.52. The molecule has 0 radical (unpaired) electrons. The lowest BCUT2D eigenvalue weighted by Gasteiger charge is -2.30. The number of rotatable bonds is 3. The Labute approximate surface area is 168 Å². The van der Waals surface area contributed by atoms with Crippen molar-refractivity contribution >= 4 is 29.4 Å². The normalized spacial score (nSPS) is 19.2. The Bertz CT molecular complexity index is 990. The first-order valence-corrected chi connectivity index (χ1v) is 9.07. The summed E-state index contributed by atoms with van der Waals surface area (Å²) >= 11 is 0. The second-order valence-corrected chi connectivity index (χ2v) is 7.06. The SMILES string of the molecule is Cc1noc2nc(-c3ccc(F)cc3)cc(C(=O)NC3CCNCC3C)c12.Cl. The minimum atomic E-state index is -0.326. The van der Waals surface area contributed by atoms with Gasteiger partial charge in [-0.05, 0) is 62.7 Å². The smallest absolute Gasteiger partial charge is 0.259 e. The van der Waals surface area contributed by atoms with Crippen LogP contribution in [0.2, 0.25) is 0 Å². The molecule has 1 aliphatic rings. The van der Waals surface area contributed by atoms with Gasteiger partial charge in [-0.25, -0.2) is 9.37 Å². The number of halogens is 2. The van der Waals surface area contributed by atoms with Crippen LogP contribution in [-0.2, 0) is 0 Å². The molecule has 0 saturated carbocycles. The van der Waals surface area contributed by atoms with Crippen LogP contribution in [0.5, 0.6) is 0 Å². The van der Waals surface area contributed by atoms with Gasteiger partial charge in [-0.2, -0.15) is 0 Å². The van der Waals surface area contributed by atoms with E-state index in [1.54, 1.807) is 25.1 Å². The van der Waals surface area contributed by atoms with Crippen molar-refractivity contribution in [2.75, 3.05) is 13.1 Å². The summed E-state index contributed by atoms with van der Waals surface area (Å²) in [4.78, 5) is 17.5. The summed E-state index contributed by atoms with van der Waals surface area (Å²) in [6, 6.07) is 7.82. The molecule has 2 atom stereocenters. The molecule has 3 aromatic rings. The number of carbonyl (C=O) groups excluding carboxylic acids is 1. The summed E-state index contributed by atoms with van der Waals surface area (Å²) in [5, 5.41) is 11.0. The largest absolute Gasteiger partial charge is 0.349 e. The summed E-state index contributed by atoms with van der Waals surface area (Å²) in [7, 11) is 0. The summed E-state index contributed by atoms with van der Waals surface area (Å²) < 4.78 is 18.6. The molecular weight excluding hydrogens is 383 g/mol. The van der Waals surface area contributed by atoms with E-state index in [-0.39, 0.29) is 30.2 Å². The average Bonchev–Trinajstić information content (AvgIpc) is 3.04. The second-order valence-electron chi connectivity index (χ2n) is 7.06. The third-order valence-electron chi connectivity index (χ3n) is 5.10. The van der Waals surface area contributed by atoms with E-state index in [1.165, 1.54) is 12.1 Å². The van der Waals surface area contributed by atoms with E-state index in [9.17, 15) is 9.18 Å². The molecule has 1 fully saturated rings. The van der Waals surface area contributed by atoms with Crippen molar-refractivity contribution in [3.63, 3.8) is 0 Å². The number of nitrogens with one attached hydrogen (secondary N) is 2. The van der Waals surface area contributed by atoms with Crippen LogP contribution in [-0.4, -0.2) is 35.2 Å². The molecule has 6 nitrogen and oxygen atoms in total. The third-order valence-corrected chi connectivity index (χ3v) is 5.10. The maximum atomic E-state index is 13.2. The van der Waals surface area contributed by atoms with E-state index in [2.05, 4.69) is 27.7 Å². The topological polar surface area (TPSA) is 80.0 Å². The zero-order valence-electron chi connectivity index (χ0n) is 15.7. The molecule has 28 heavy (non-hydrogen) atoms. The summed E-state index contributed by atoms with van der Waals surface area (Å²) in [6.07, 6.45) is 0.884. The number of benzene rings is 1. The maximum absolute atomic E-state index is 13.2. The lowest BCUT2D eigenvalue weighted by Crippen LogP contribution is -2.48. The number of aryl methyl sites for hydroxylation is 1. The number of hydrogen-bond acceptors (Lipinski definition) is 5. The second kappa shape index (κ2) is 8.24. The molecule has 1 aromatic carbocycles. The molecule has 148 valence electrons. The van der Waals surface area contributed by atoms with Crippen molar-refractivity contribution in [3.05, 3.63) is 47.4 Å². The van der Waals surface area contributed by atoms with Crippen LogP contribution in [0.15, 0.2) is 34.9 Å². The number of aromatic nitrogens is 2. The Morgan fingerprint density at radius 3 is 2.79 bits per heavy atom. The Hall–Kier alpha value is -2.51. The number of nitrogens with zero attached hydrogens (tertiary/aromatic N) is 2. The van der Waals surface area contributed by atoms with Crippen molar-refractivity contribution in [3.8, 4) is 11.3 Å². The van der Waals surface area contributed by atoms with E-state index in [0.29, 0.717) is 39.5 Å². The highest BCUT2D eigenvalue weighted by Gasteiger charge is 2.25. The van der Waals surface area contributed by atoms with Gasteiger partial charge in [0.1, 0.15) is 5.82 Å². The minimum Gasteiger partial charge on any atom is -0.349 e. The number of fused-ring (bicyclic) bond motifs is 1. The maximum Gasteiger partial charge on any atom is 0.259 e. The Kier molecular flexibility index (Phi) is 5.96. The molecule has 4 rings (SSSR count). The van der Waals surface area contributed by atoms with E-state index >= 15 is 0 Å². The number of hydrogen-bond donors (Lipinski definition) is 2. The van der Waals surface area contributed by atoms with Gasteiger partial charge in [0, 0.05) is 11.6 Å². The molecule has 2 unspecified atom stereocenters. The first-order chi connectivity index (χ1) is 13.0. The fourth-order valence-electron chi connectivity index (χ4n) is 3.52. The lowest BCUT2D eigenvalue weighted by atomic mass is 9.94. The first-order valence-electron chi connectivity index (χ1n) is 9.07. The number of carbonyl (C=O) groups is 1. The first kappa shape index (κ1) is 20.2. The van der Waals surface area contributed by atoms with Crippen molar-refractivity contribution in [2.45, 2.75) is 26.3 Å². The van der Waals surface area contributed by atoms with Gasteiger partial charge in [0.05, 0.1) is 22.3 Å². The number of piperidine rings is 1. The van der Waals surface area contributed by atoms with Crippen LogP contribution >= 0.6 is 12.4 Å². The van der Waals surface area contributed by atoms with Crippen LogP contribution in [0.3, 0.4) is 0 Å². The van der Waals surface area contributed by atoms with Gasteiger partial charge in [-0.3, -0.25) is 4.79 Å². The van der Waals surface area contributed by atoms with Gasteiger partial charge in [0.15, 0.2) is 0 Å². The van der Waals surface area contributed by atoms with Crippen molar-refractivity contribution in [2.24, 2.45) is 5.92 Å². The van der Waals surface area contributed by atoms with Crippen LogP contribution in [0.4, 0.5) is 4.39 Å². The molecule has 8 heteroatoms. The quantitative estimate of drug-likeness (QED) is 0.698. The van der Waals surface area contributed by atoms with Crippen molar-refractivity contribution in [1.82, 2.24) is 20.8 Å². The highest BCUT2D eigenvalue weighted by molar-refractivity contribution is 6.07. The van der Waals surface area contributed by atoms with Gasteiger partial charge < -0.3 is 15.2 Å². The molecule has 3 heterocycles. The Morgan fingerprint density at radius 2 is 2.07 bits per heavy atom. The molecule has 0 spiro atoms. The van der Waals surface area contributed by atoms with E-state index in [4.69, 9.17) is 4.52 Å². The molecule has 1 aliphatic heterocycles. The van der Waals surface area contributed by atoms with Crippen molar-refractivity contribution < 1.29 is 13.7 Å².